The molecule has 9 heavy (non-hydrogen) atoms. The van der Waals surface area contributed by atoms with Gasteiger partial charge in [0, 0.05) is 11.6 Å². The molecule has 52 valence electrons. The fraction of sp³-hybridized carbons (Fsp3) is 0.500. The Morgan fingerprint density at radius 2 is 2.00 bits per heavy atom. The molecule has 0 unspecified atom stereocenters. The minimum atomic E-state index is -0.464. The van der Waals surface area contributed by atoms with Gasteiger partial charge in [-0.25, -0.2) is 0 Å². The van der Waals surface area contributed by atoms with Crippen LogP contribution in [0.1, 0.15) is 13.8 Å². The molecule has 0 rings (SSSR count). The van der Waals surface area contributed by atoms with Gasteiger partial charge in [0.25, 0.3) is 0 Å². The second-order valence-electron chi connectivity index (χ2n) is 2.56. The lowest BCUT2D eigenvalue weighted by atomic mass is 10.1. The van der Waals surface area contributed by atoms with Crippen LogP contribution in [0, 0.1) is 0 Å². The second kappa shape index (κ2) is 2.64. The van der Waals surface area contributed by atoms with Crippen molar-refractivity contribution in [2.45, 2.75) is 19.4 Å². The number of amides is 1. The largest absolute Gasteiger partial charge is 0.366 e. The zero-order valence-corrected chi connectivity index (χ0v) is 5.72. The van der Waals surface area contributed by atoms with E-state index in [2.05, 4.69) is 0 Å². The molecule has 0 radical (unpaired) electrons. The molecule has 0 bridgehead atoms. The van der Waals surface area contributed by atoms with Gasteiger partial charge in [-0.15, -0.1) is 0 Å². The number of hydrogen-bond donors (Lipinski definition) is 2. The molecule has 0 atom stereocenters. The molecule has 0 aromatic heterocycles. The van der Waals surface area contributed by atoms with Crippen LogP contribution in [0.25, 0.3) is 0 Å². The zero-order valence-electron chi connectivity index (χ0n) is 5.72. The van der Waals surface area contributed by atoms with E-state index in [0.29, 0.717) is 0 Å². The molecule has 0 aliphatic heterocycles. The van der Waals surface area contributed by atoms with E-state index in [4.69, 9.17) is 11.5 Å². The Bertz CT molecular complexity index is 132. The molecule has 1 amide bonds. The number of nitrogens with two attached hydrogens (primary N) is 2. The van der Waals surface area contributed by atoms with Crippen LogP contribution in [0.2, 0.25) is 0 Å². The van der Waals surface area contributed by atoms with Crippen LogP contribution in [-0.4, -0.2) is 11.4 Å². The zero-order chi connectivity index (χ0) is 7.49. The molecule has 3 heteroatoms. The van der Waals surface area contributed by atoms with E-state index in [9.17, 15) is 4.79 Å². The van der Waals surface area contributed by atoms with Crippen LogP contribution in [0.5, 0.6) is 0 Å². The fourth-order valence-electron chi connectivity index (χ4n) is 0.297. The average Bonchev–Trinajstić information content (AvgIpc) is 1.59. The van der Waals surface area contributed by atoms with Gasteiger partial charge >= 0.3 is 0 Å². The van der Waals surface area contributed by atoms with Gasteiger partial charge in [-0.3, -0.25) is 4.79 Å². The minimum absolute atomic E-state index is 0.449. The van der Waals surface area contributed by atoms with Gasteiger partial charge in [0.1, 0.15) is 0 Å². The lowest BCUT2D eigenvalue weighted by Crippen LogP contribution is -2.29. The molecule has 4 N–H and O–H groups in total. The van der Waals surface area contributed by atoms with E-state index in [1.54, 1.807) is 19.9 Å². The normalized spacial score (nSPS) is 12.3. The molecule has 0 aliphatic carbocycles. The number of carbonyl (C=O) groups excluding carboxylic acids is 1. The standard InChI is InChI=1S/C6H12N2O/c1-6(2,8)4-3-5(7)9/h3-4H,8H2,1-2H3,(H2,7,9)/b4-3+. The Kier molecular flexibility index (Phi) is 2.40. The number of carbonyl (C=O) groups is 1. The highest BCUT2D eigenvalue weighted by Crippen LogP contribution is 1.96. The summed E-state index contributed by atoms with van der Waals surface area (Å²) in [5.74, 6) is -0.464. The smallest absolute Gasteiger partial charge is 0.241 e. The van der Waals surface area contributed by atoms with Gasteiger partial charge in [0.2, 0.25) is 5.91 Å². The second-order valence-corrected chi connectivity index (χ2v) is 2.56. The van der Waals surface area contributed by atoms with Gasteiger partial charge in [-0.1, -0.05) is 6.08 Å². The lowest BCUT2D eigenvalue weighted by molar-refractivity contribution is -0.113. The molecule has 0 fully saturated rings. The summed E-state index contributed by atoms with van der Waals surface area (Å²) in [6, 6.07) is 0. The third-order valence-electron chi connectivity index (χ3n) is 0.677. The van der Waals surface area contributed by atoms with E-state index in [-0.39, 0.29) is 0 Å². The number of primary amides is 1. The van der Waals surface area contributed by atoms with Gasteiger partial charge in [-0.05, 0) is 13.8 Å². The fourth-order valence-corrected chi connectivity index (χ4v) is 0.297. The van der Waals surface area contributed by atoms with Gasteiger partial charge in [0.15, 0.2) is 0 Å². The molecule has 0 spiro atoms. The first-order valence-electron chi connectivity index (χ1n) is 2.69. The Hall–Kier alpha value is -0.830. The van der Waals surface area contributed by atoms with Crippen molar-refractivity contribution in [1.82, 2.24) is 0 Å². The van der Waals surface area contributed by atoms with Crippen LogP contribution >= 0.6 is 0 Å². The molecular weight excluding hydrogens is 116 g/mol. The Balaban J connectivity index is 3.86. The van der Waals surface area contributed by atoms with Crippen LogP contribution in [0.3, 0.4) is 0 Å². The maximum absolute atomic E-state index is 10.1. The minimum Gasteiger partial charge on any atom is -0.366 e. The van der Waals surface area contributed by atoms with E-state index < -0.39 is 11.4 Å². The molecule has 0 aromatic carbocycles. The van der Waals surface area contributed by atoms with Crippen LogP contribution in [0.15, 0.2) is 12.2 Å². The number of rotatable bonds is 2. The summed E-state index contributed by atoms with van der Waals surface area (Å²) in [5.41, 5.74) is 9.86. The van der Waals surface area contributed by atoms with Crippen molar-refractivity contribution < 1.29 is 4.79 Å². The predicted octanol–water partition coefficient (Wildman–Crippen LogP) is -0.235. The quantitative estimate of drug-likeness (QED) is 0.504. The summed E-state index contributed by atoms with van der Waals surface area (Å²) in [7, 11) is 0. The summed E-state index contributed by atoms with van der Waals surface area (Å²) < 4.78 is 0. The Morgan fingerprint density at radius 3 is 2.11 bits per heavy atom. The highest BCUT2D eigenvalue weighted by atomic mass is 16.1. The van der Waals surface area contributed by atoms with Crippen LogP contribution < -0.4 is 11.5 Å². The molecule has 0 saturated carbocycles. The van der Waals surface area contributed by atoms with Crippen molar-refractivity contribution in [3.63, 3.8) is 0 Å². The van der Waals surface area contributed by atoms with E-state index in [1.165, 1.54) is 6.08 Å². The van der Waals surface area contributed by atoms with Gasteiger partial charge in [-0.2, -0.15) is 0 Å². The van der Waals surface area contributed by atoms with E-state index >= 15 is 0 Å². The summed E-state index contributed by atoms with van der Waals surface area (Å²) >= 11 is 0. The van der Waals surface area contributed by atoms with Crippen molar-refractivity contribution in [3.05, 3.63) is 12.2 Å². The first-order chi connectivity index (χ1) is 3.92. The van der Waals surface area contributed by atoms with E-state index in [1.807, 2.05) is 0 Å². The highest BCUT2D eigenvalue weighted by Gasteiger charge is 2.03. The Morgan fingerprint density at radius 1 is 1.56 bits per heavy atom. The topological polar surface area (TPSA) is 69.1 Å². The average molecular weight is 128 g/mol. The maximum Gasteiger partial charge on any atom is 0.241 e. The monoisotopic (exact) mass is 128 g/mol. The first kappa shape index (κ1) is 8.17. The van der Waals surface area contributed by atoms with Crippen LogP contribution in [-0.2, 0) is 4.79 Å². The molecule has 0 heterocycles. The van der Waals surface area contributed by atoms with Crippen molar-refractivity contribution in [1.29, 1.82) is 0 Å². The molecule has 0 saturated heterocycles. The lowest BCUT2D eigenvalue weighted by Gasteiger charge is -2.10. The number of hydrogen-bond acceptors (Lipinski definition) is 2. The highest BCUT2D eigenvalue weighted by molar-refractivity contribution is 5.85. The summed E-state index contributed by atoms with van der Waals surface area (Å²) in [6.45, 7) is 3.57. The van der Waals surface area contributed by atoms with E-state index in [0.717, 1.165) is 0 Å². The van der Waals surface area contributed by atoms with Crippen molar-refractivity contribution in [2.24, 2.45) is 11.5 Å². The third-order valence-corrected chi connectivity index (χ3v) is 0.677. The first-order valence-corrected chi connectivity index (χ1v) is 2.69. The molecule has 3 nitrogen and oxygen atoms in total. The van der Waals surface area contributed by atoms with Crippen molar-refractivity contribution >= 4 is 5.91 Å². The van der Waals surface area contributed by atoms with Crippen molar-refractivity contribution in [2.75, 3.05) is 0 Å². The summed E-state index contributed by atoms with van der Waals surface area (Å²) in [5, 5.41) is 0. The summed E-state index contributed by atoms with van der Waals surface area (Å²) in [6.07, 6.45) is 2.83. The van der Waals surface area contributed by atoms with Crippen molar-refractivity contribution in [3.8, 4) is 0 Å². The molecule has 0 aliphatic rings. The summed E-state index contributed by atoms with van der Waals surface area (Å²) in [4.78, 5) is 10.1. The Labute approximate surface area is 54.7 Å². The molecular formula is C6H12N2O. The van der Waals surface area contributed by atoms with Gasteiger partial charge in [0.05, 0.1) is 0 Å². The predicted molar refractivity (Wildman–Crippen MR) is 36.6 cm³/mol. The molecule has 0 aromatic rings. The SMILES string of the molecule is CC(C)(N)/C=C/C(N)=O. The van der Waals surface area contributed by atoms with Gasteiger partial charge < -0.3 is 11.5 Å². The maximum atomic E-state index is 10.1. The van der Waals surface area contributed by atoms with Crippen LogP contribution in [0.4, 0.5) is 0 Å². The third kappa shape index (κ3) is 7.17.